The van der Waals surface area contributed by atoms with Crippen molar-refractivity contribution in [1.82, 2.24) is 9.13 Å². The van der Waals surface area contributed by atoms with Gasteiger partial charge in [-0.1, -0.05) is 79.8 Å². The molecule has 0 N–H and O–H groups in total. The normalized spacial score (nSPS) is 17.4. The molecule has 188 valence electrons. The average molecular weight is 503 g/mol. The maximum Gasteiger partial charge on any atom is 0.0538 e. The van der Waals surface area contributed by atoms with E-state index < -0.39 is 0 Å². The summed E-state index contributed by atoms with van der Waals surface area (Å²) in [7, 11) is 0. The zero-order valence-corrected chi connectivity index (χ0v) is 22.1. The third kappa shape index (κ3) is 3.41. The molecule has 4 aromatic carbocycles. The highest BCUT2D eigenvalue weighted by atomic mass is 15.0. The summed E-state index contributed by atoms with van der Waals surface area (Å²) in [4.78, 5) is 0. The summed E-state index contributed by atoms with van der Waals surface area (Å²) < 4.78 is 4.94. The van der Waals surface area contributed by atoms with Gasteiger partial charge in [0.05, 0.1) is 22.1 Å². The lowest BCUT2D eigenvalue weighted by Gasteiger charge is -2.20. The maximum atomic E-state index is 2.48. The minimum atomic E-state index is 0.489. The Morgan fingerprint density at radius 1 is 0.590 bits per heavy atom. The molecule has 2 nitrogen and oxygen atoms in total. The Hall–Kier alpha value is -4.56. The standard InChI is InChI=1S/C37H30N2/c1-25-11-5-8-16-33(25)39-35-18-10-7-15-30(35)32-24-27(20-22-37(32)39)26-19-21-36-31(23-26)29-14-6-9-17-34(29)38(36)28-12-3-2-4-13-28/h2-3,5-10,12,14-25H,4,11,13H2,1H3/t25-/m1/s1. The predicted octanol–water partition coefficient (Wildman–Crippen LogP) is 10.2. The molecular weight excluding hydrogens is 472 g/mol. The monoisotopic (exact) mass is 502 g/mol. The molecule has 2 heterocycles. The zero-order valence-electron chi connectivity index (χ0n) is 22.1. The lowest BCUT2D eigenvalue weighted by atomic mass is 9.98. The number of fused-ring (bicyclic) bond motifs is 6. The third-order valence-corrected chi connectivity index (χ3v) is 8.61. The first-order chi connectivity index (χ1) is 19.3. The minimum Gasteiger partial charge on any atom is -0.313 e. The summed E-state index contributed by atoms with van der Waals surface area (Å²) in [5, 5.41) is 5.25. The number of hydrogen-bond acceptors (Lipinski definition) is 0. The molecule has 0 fully saturated rings. The van der Waals surface area contributed by atoms with Gasteiger partial charge < -0.3 is 9.13 Å². The van der Waals surface area contributed by atoms with Gasteiger partial charge in [0.2, 0.25) is 0 Å². The van der Waals surface area contributed by atoms with E-state index in [4.69, 9.17) is 0 Å². The van der Waals surface area contributed by atoms with Crippen LogP contribution in [0.25, 0.3) is 66.1 Å². The van der Waals surface area contributed by atoms with Crippen LogP contribution in [0.4, 0.5) is 0 Å². The molecule has 0 saturated heterocycles. The van der Waals surface area contributed by atoms with Gasteiger partial charge in [0.15, 0.2) is 0 Å². The van der Waals surface area contributed by atoms with Gasteiger partial charge in [-0.05, 0) is 78.9 Å². The van der Waals surface area contributed by atoms with Crippen LogP contribution >= 0.6 is 0 Å². The fraction of sp³-hybridized carbons (Fsp3) is 0.135. The van der Waals surface area contributed by atoms with Gasteiger partial charge in [-0.2, -0.15) is 0 Å². The van der Waals surface area contributed by atoms with E-state index in [0.29, 0.717) is 5.92 Å². The van der Waals surface area contributed by atoms with Crippen LogP contribution in [0.1, 0.15) is 26.2 Å². The highest BCUT2D eigenvalue weighted by Crippen LogP contribution is 2.40. The number of aromatic nitrogens is 2. The molecule has 6 aromatic rings. The van der Waals surface area contributed by atoms with Crippen molar-refractivity contribution in [2.45, 2.75) is 26.2 Å². The molecular formula is C37H30N2. The Labute approximate surface area is 228 Å². The van der Waals surface area contributed by atoms with E-state index >= 15 is 0 Å². The molecule has 2 aliphatic rings. The van der Waals surface area contributed by atoms with Gasteiger partial charge in [0, 0.05) is 38.9 Å². The van der Waals surface area contributed by atoms with Gasteiger partial charge in [-0.25, -0.2) is 0 Å². The number of para-hydroxylation sites is 2. The van der Waals surface area contributed by atoms with Gasteiger partial charge in [-0.15, -0.1) is 0 Å². The van der Waals surface area contributed by atoms with E-state index in [2.05, 4.69) is 137 Å². The molecule has 39 heavy (non-hydrogen) atoms. The Morgan fingerprint density at radius 3 is 1.82 bits per heavy atom. The molecule has 0 aliphatic heterocycles. The zero-order chi connectivity index (χ0) is 25.9. The van der Waals surface area contributed by atoms with Crippen LogP contribution < -0.4 is 0 Å². The Kier molecular flexibility index (Phi) is 5.03. The summed E-state index contributed by atoms with van der Waals surface area (Å²) >= 11 is 0. The van der Waals surface area contributed by atoms with Crippen molar-refractivity contribution >= 4 is 55.0 Å². The van der Waals surface area contributed by atoms with Crippen LogP contribution in [-0.4, -0.2) is 9.13 Å². The molecule has 1 atom stereocenters. The third-order valence-electron chi connectivity index (χ3n) is 8.61. The molecule has 8 rings (SSSR count). The highest BCUT2D eigenvalue weighted by Gasteiger charge is 2.19. The van der Waals surface area contributed by atoms with Gasteiger partial charge in [0.25, 0.3) is 0 Å². The van der Waals surface area contributed by atoms with E-state index in [0.717, 1.165) is 19.3 Å². The largest absolute Gasteiger partial charge is 0.313 e. The summed E-state index contributed by atoms with van der Waals surface area (Å²) in [5.41, 5.74) is 10.4. The molecule has 0 spiro atoms. The van der Waals surface area contributed by atoms with Gasteiger partial charge in [0.1, 0.15) is 0 Å². The van der Waals surface area contributed by atoms with E-state index in [1.165, 1.54) is 66.1 Å². The number of hydrogen-bond donors (Lipinski definition) is 0. The summed E-state index contributed by atoms with van der Waals surface area (Å²) in [6, 6.07) is 31.7. The van der Waals surface area contributed by atoms with Crippen LogP contribution in [0.3, 0.4) is 0 Å². The Morgan fingerprint density at radius 2 is 1.18 bits per heavy atom. The quantitative estimate of drug-likeness (QED) is 0.228. The maximum absolute atomic E-state index is 2.48. The molecule has 2 aromatic heterocycles. The molecule has 0 amide bonds. The second-order valence-electron chi connectivity index (χ2n) is 11.0. The second-order valence-corrected chi connectivity index (χ2v) is 11.0. The number of nitrogens with zero attached hydrogens (tertiary/aromatic N) is 2. The van der Waals surface area contributed by atoms with E-state index in [9.17, 15) is 0 Å². The van der Waals surface area contributed by atoms with E-state index in [1.807, 2.05) is 0 Å². The van der Waals surface area contributed by atoms with Gasteiger partial charge >= 0.3 is 0 Å². The lowest BCUT2D eigenvalue weighted by Crippen LogP contribution is -2.07. The van der Waals surface area contributed by atoms with Crippen molar-refractivity contribution in [3.63, 3.8) is 0 Å². The van der Waals surface area contributed by atoms with Crippen molar-refractivity contribution in [3.8, 4) is 11.1 Å². The molecule has 0 unspecified atom stereocenters. The van der Waals surface area contributed by atoms with Crippen LogP contribution in [-0.2, 0) is 0 Å². The van der Waals surface area contributed by atoms with Gasteiger partial charge in [-0.3, -0.25) is 0 Å². The minimum absolute atomic E-state index is 0.489. The van der Waals surface area contributed by atoms with Crippen molar-refractivity contribution in [1.29, 1.82) is 0 Å². The molecule has 0 bridgehead atoms. The topological polar surface area (TPSA) is 9.86 Å². The smallest absolute Gasteiger partial charge is 0.0538 e. The van der Waals surface area contributed by atoms with Crippen LogP contribution in [0, 0.1) is 5.92 Å². The fourth-order valence-corrected chi connectivity index (χ4v) is 6.70. The second kappa shape index (κ2) is 8.74. The van der Waals surface area contributed by atoms with Crippen molar-refractivity contribution in [2.75, 3.05) is 0 Å². The summed E-state index contributed by atoms with van der Waals surface area (Å²) in [5.74, 6) is 0.489. The first-order valence-corrected chi connectivity index (χ1v) is 14.1. The molecule has 0 radical (unpaired) electrons. The highest BCUT2D eigenvalue weighted by molar-refractivity contribution is 6.13. The first kappa shape index (κ1) is 22.4. The number of allylic oxidation sites excluding steroid dienone is 8. The fourth-order valence-electron chi connectivity index (χ4n) is 6.70. The van der Waals surface area contributed by atoms with E-state index in [1.54, 1.807) is 0 Å². The number of rotatable bonds is 3. The lowest BCUT2D eigenvalue weighted by molar-refractivity contribution is 0.725. The number of benzene rings is 4. The van der Waals surface area contributed by atoms with Crippen molar-refractivity contribution in [3.05, 3.63) is 121 Å². The van der Waals surface area contributed by atoms with Crippen molar-refractivity contribution < 1.29 is 0 Å². The summed E-state index contributed by atoms with van der Waals surface area (Å²) in [6.45, 7) is 2.33. The Balaban J connectivity index is 1.34. The molecule has 0 saturated carbocycles. The van der Waals surface area contributed by atoms with E-state index in [-0.39, 0.29) is 0 Å². The Bertz CT molecular complexity index is 2050. The summed E-state index contributed by atoms with van der Waals surface area (Å²) in [6.07, 6.45) is 16.7. The average Bonchev–Trinajstić information content (AvgIpc) is 3.50. The van der Waals surface area contributed by atoms with Crippen LogP contribution in [0.5, 0.6) is 0 Å². The predicted molar refractivity (Wildman–Crippen MR) is 168 cm³/mol. The first-order valence-electron chi connectivity index (χ1n) is 14.1. The molecule has 2 heteroatoms. The SMILES string of the molecule is C[C@@H]1CC=CC=C1n1c2ccccc2c2cc(-c3ccc4c(c3)c3ccccc3n4C3=CC=CCC3)ccc21. The van der Waals surface area contributed by atoms with Crippen LogP contribution in [0.2, 0.25) is 0 Å². The van der Waals surface area contributed by atoms with Crippen LogP contribution in [0.15, 0.2) is 121 Å². The molecule has 2 aliphatic carbocycles. The van der Waals surface area contributed by atoms with Crippen molar-refractivity contribution in [2.24, 2.45) is 5.92 Å².